The number of halogens is 2. The van der Waals surface area contributed by atoms with Crippen LogP contribution in [-0.2, 0) is 9.59 Å². The molecule has 2 amide bonds. The first kappa shape index (κ1) is 17.4. The topological polar surface area (TPSA) is 58.2 Å². The predicted molar refractivity (Wildman–Crippen MR) is 81.8 cm³/mol. The fourth-order valence-corrected chi connectivity index (χ4v) is 1.94. The van der Waals surface area contributed by atoms with Gasteiger partial charge in [0.1, 0.15) is 5.82 Å². The van der Waals surface area contributed by atoms with Gasteiger partial charge in [-0.05, 0) is 24.6 Å². The quantitative estimate of drug-likeness (QED) is 0.598. The third-order valence-corrected chi connectivity index (χ3v) is 3.19. The van der Waals surface area contributed by atoms with E-state index in [-0.39, 0.29) is 10.7 Å². The number of benzene rings is 1. The van der Waals surface area contributed by atoms with Crippen LogP contribution < -0.4 is 10.6 Å². The lowest BCUT2D eigenvalue weighted by atomic mass is 10.1. The molecule has 4 nitrogen and oxygen atoms in total. The van der Waals surface area contributed by atoms with Crippen LogP contribution in [0.2, 0.25) is 5.02 Å². The molecule has 2 N–H and O–H groups in total. The summed E-state index contributed by atoms with van der Waals surface area (Å²) in [6.45, 7) is 2.57. The summed E-state index contributed by atoms with van der Waals surface area (Å²) in [6, 6.07) is 3.82. The van der Waals surface area contributed by atoms with Gasteiger partial charge in [0.15, 0.2) is 0 Å². The van der Waals surface area contributed by atoms with E-state index < -0.39 is 17.6 Å². The number of anilines is 1. The Labute approximate surface area is 129 Å². The summed E-state index contributed by atoms with van der Waals surface area (Å²) in [6.07, 6.45) is 5.29. The van der Waals surface area contributed by atoms with Gasteiger partial charge < -0.3 is 10.6 Å². The Morgan fingerprint density at radius 3 is 2.52 bits per heavy atom. The molecule has 0 radical (unpaired) electrons. The fraction of sp³-hybridized carbons (Fsp3) is 0.467. The summed E-state index contributed by atoms with van der Waals surface area (Å²) in [5.74, 6) is -2.33. The van der Waals surface area contributed by atoms with Gasteiger partial charge in [-0.1, -0.05) is 44.2 Å². The minimum atomic E-state index is -0.884. The van der Waals surface area contributed by atoms with Crippen LogP contribution in [-0.4, -0.2) is 18.4 Å². The van der Waals surface area contributed by atoms with Crippen LogP contribution in [0, 0.1) is 5.82 Å². The van der Waals surface area contributed by atoms with Gasteiger partial charge in [-0.25, -0.2) is 4.39 Å². The molecule has 0 unspecified atom stereocenters. The van der Waals surface area contributed by atoms with Crippen LogP contribution in [0.25, 0.3) is 0 Å². The van der Waals surface area contributed by atoms with Crippen molar-refractivity contribution in [1.82, 2.24) is 5.32 Å². The Balaban J connectivity index is 2.32. The molecule has 6 heteroatoms. The van der Waals surface area contributed by atoms with Gasteiger partial charge >= 0.3 is 11.8 Å². The first-order valence-corrected chi connectivity index (χ1v) is 7.46. The minimum Gasteiger partial charge on any atom is -0.348 e. The van der Waals surface area contributed by atoms with E-state index in [4.69, 9.17) is 11.6 Å². The molecule has 0 saturated carbocycles. The SMILES string of the molecule is CCCCCCCNC(=O)C(=O)Nc1ccc(Cl)cc1F. The monoisotopic (exact) mass is 314 g/mol. The van der Waals surface area contributed by atoms with Gasteiger partial charge in [0, 0.05) is 11.6 Å². The summed E-state index contributed by atoms with van der Waals surface area (Å²) in [5, 5.41) is 4.95. The van der Waals surface area contributed by atoms with Crippen molar-refractivity contribution >= 4 is 29.1 Å². The molecule has 1 aromatic rings. The number of nitrogens with one attached hydrogen (secondary N) is 2. The predicted octanol–water partition coefficient (Wildman–Crippen LogP) is 3.50. The average molecular weight is 315 g/mol. The van der Waals surface area contributed by atoms with Gasteiger partial charge in [0.25, 0.3) is 0 Å². The lowest BCUT2D eigenvalue weighted by Crippen LogP contribution is -2.36. The van der Waals surface area contributed by atoms with Gasteiger partial charge in [-0.2, -0.15) is 0 Å². The molecular weight excluding hydrogens is 295 g/mol. The second-order valence-corrected chi connectivity index (χ2v) is 5.18. The summed E-state index contributed by atoms with van der Waals surface area (Å²) in [4.78, 5) is 23.1. The highest BCUT2D eigenvalue weighted by Crippen LogP contribution is 2.18. The van der Waals surface area contributed by atoms with Crippen molar-refractivity contribution in [2.75, 3.05) is 11.9 Å². The van der Waals surface area contributed by atoms with Crippen LogP contribution >= 0.6 is 11.6 Å². The zero-order valence-electron chi connectivity index (χ0n) is 12.0. The van der Waals surface area contributed by atoms with Gasteiger partial charge in [-0.3, -0.25) is 9.59 Å². The summed E-state index contributed by atoms with van der Waals surface area (Å²) in [5.41, 5.74) is -0.0671. The highest BCUT2D eigenvalue weighted by Gasteiger charge is 2.15. The highest BCUT2D eigenvalue weighted by molar-refractivity contribution is 6.39. The van der Waals surface area contributed by atoms with E-state index in [1.165, 1.54) is 18.6 Å². The number of hydrogen-bond donors (Lipinski definition) is 2. The Kier molecular flexibility index (Phi) is 7.75. The van der Waals surface area contributed by atoms with Crippen LogP contribution in [0.4, 0.5) is 10.1 Å². The maximum Gasteiger partial charge on any atom is 0.313 e. The average Bonchev–Trinajstić information content (AvgIpc) is 2.45. The molecule has 0 bridgehead atoms. The maximum absolute atomic E-state index is 13.5. The minimum absolute atomic E-state index is 0.0671. The van der Waals surface area contributed by atoms with Crippen molar-refractivity contribution < 1.29 is 14.0 Å². The van der Waals surface area contributed by atoms with Crippen molar-refractivity contribution in [2.45, 2.75) is 39.0 Å². The van der Waals surface area contributed by atoms with Crippen LogP contribution in [0.3, 0.4) is 0 Å². The van der Waals surface area contributed by atoms with Gasteiger partial charge in [0.2, 0.25) is 0 Å². The Morgan fingerprint density at radius 1 is 1.14 bits per heavy atom. The summed E-state index contributed by atoms with van der Waals surface area (Å²) >= 11 is 5.60. The van der Waals surface area contributed by atoms with Crippen molar-refractivity contribution in [2.24, 2.45) is 0 Å². The summed E-state index contributed by atoms with van der Waals surface area (Å²) < 4.78 is 13.5. The van der Waals surface area contributed by atoms with Crippen molar-refractivity contribution in [3.8, 4) is 0 Å². The van der Waals surface area contributed by atoms with Crippen molar-refractivity contribution in [3.63, 3.8) is 0 Å². The number of carbonyl (C=O) groups excluding carboxylic acids is 2. The van der Waals surface area contributed by atoms with Gasteiger partial charge in [0.05, 0.1) is 5.69 Å². The molecule has 0 aromatic heterocycles. The number of amides is 2. The first-order chi connectivity index (χ1) is 10.0. The van der Waals surface area contributed by atoms with Crippen molar-refractivity contribution in [1.29, 1.82) is 0 Å². The molecule has 21 heavy (non-hydrogen) atoms. The molecule has 1 aromatic carbocycles. The van der Waals surface area contributed by atoms with E-state index >= 15 is 0 Å². The zero-order chi connectivity index (χ0) is 15.7. The molecule has 0 heterocycles. The van der Waals surface area contributed by atoms with E-state index in [0.29, 0.717) is 6.54 Å². The molecule has 0 fully saturated rings. The molecule has 0 spiro atoms. The second kappa shape index (κ2) is 9.34. The number of carbonyl (C=O) groups is 2. The third-order valence-electron chi connectivity index (χ3n) is 2.95. The van der Waals surface area contributed by atoms with Crippen LogP contribution in [0.1, 0.15) is 39.0 Å². The number of unbranched alkanes of at least 4 members (excludes halogenated alkanes) is 4. The third kappa shape index (κ3) is 6.58. The molecule has 0 atom stereocenters. The maximum atomic E-state index is 13.5. The van der Waals surface area contributed by atoms with E-state index in [9.17, 15) is 14.0 Å². The Morgan fingerprint density at radius 2 is 1.86 bits per heavy atom. The molecule has 0 saturated heterocycles. The molecular formula is C15H20ClFN2O2. The normalized spacial score (nSPS) is 10.2. The molecule has 116 valence electrons. The molecule has 0 aliphatic heterocycles. The van der Waals surface area contributed by atoms with E-state index in [2.05, 4.69) is 17.6 Å². The van der Waals surface area contributed by atoms with Crippen molar-refractivity contribution in [3.05, 3.63) is 29.0 Å². The fourth-order valence-electron chi connectivity index (χ4n) is 1.78. The summed E-state index contributed by atoms with van der Waals surface area (Å²) in [7, 11) is 0. The van der Waals surface area contributed by atoms with E-state index in [1.807, 2.05) is 0 Å². The highest BCUT2D eigenvalue weighted by atomic mass is 35.5. The van der Waals surface area contributed by atoms with E-state index in [0.717, 1.165) is 31.7 Å². The largest absolute Gasteiger partial charge is 0.348 e. The Hall–Kier alpha value is -1.62. The number of hydrogen-bond acceptors (Lipinski definition) is 2. The molecule has 1 rings (SSSR count). The van der Waals surface area contributed by atoms with Gasteiger partial charge in [-0.15, -0.1) is 0 Å². The zero-order valence-corrected chi connectivity index (χ0v) is 12.8. The smallest absolute Gasteiger partial charge is 0.313 e. The lowest BCUT2D eigenvalue weighted by molar-refractivity contribution is -0.136. The Bertz CT molecular complexity index is 495. The number of rotatable bonds is 7. The molecule has 0 aliphatic rings. The molecule has 0 aliphatic carbocycles. The van der Waals surface area contributed by atoms with Crippen LogP contribution in [0.15, 0.2) is 18.2 Å². The lowest BCUT2D eigenvalue weighted by Gasteiger charge is -2.07. The first-order valence-electron chi connectivity index (χ1n) is 7.08. The second-order valence-electron chi connectivity index (χ2n) is 4.75. The standard InChI is InChI=1S/C15H20ClFN2O2/c1-2-3-4-5-6-9-18-14(20)15(21)19-13-8-7-11(16)10-12(13)17/h7-8,10H,2-6,9H2,1H3,(H,18,20)(H,19,21). The van der Waals surface area contributed by atoms with E-state index in [1.54, 1.807) is 0 Å². The van der Waals surface area contributed by atoms with Crippen LogP contribution in [0.5, 0.6) is 0 Å².